The number of carbonyl (C=O) groups is 1. The van der Waals surface area contributed by atoms with Crippen molar-refractivity contribution in [3.05, 3.63) is 59.4 Å². The lowest BCUT2D eigenvalue weighted by Gasteiger charge is -2.22. The molecule has 2 aliphatic rings. The van der Waals surface area contributed by atoms with Crippen molar-refractivity contribution in [3.63, 3.8) is 0 Å². The Hall–Kier alpha value is -2.87. The highest BCUT2D eigenvalue weighted by Crippen LogP contribution is 2.42. The van der Waals surface area contributed by atoms with Crippen molar-refractivity contribution < 1.29 is 18.7 Å². The number of rotatable bonds is 7. The van der Waals surface area contributed by atoms with Crippen LogP contribution in [0.5, 0.6) is 11.5 Å². The van der Waals surface area contributed by atoms with Gasteiger partial charge in [0.2, 0.25) is 5.91 Å². The van der Waals surface area contributed by atoms with Gasteiger partial charge >= 0.3 is 0 Å². The summed E-state index contributed by atoms with van der Waals surface area (Å²) < 4.78 is 24.3. The van der Waals surface area contributed by atoms with Gasteiger partial charge in [0.1, 0.15) is 5.82 Å². The van der Waals surface area contributed by atoms with Gasteiger partial charge in [0.05, 0.1) is 20.1 Å². The number of hydrogen-bond acceptors (Lipinski definition) is 4. The second-order valence-electron chi connectivity index (χ2n) is 8.27. The van der Waals surface area contributed by atoms with E-state index in [-0.39, 0.29) is 23.6 Å². The minimum absolute atomic E-state index is 0.0686. The second kappa shape index (κ2) is 9.73. The van der Waals surface area contributed by atoms with Gasteiger partial charge in [0.15, 0.2) is 16.6 Å². The summed E-state index contributed by atoms with van der Waals surface area (Å²) in [6, 6.07) is 12.3. The highest BCUT2D eigenvalue weighted by atomic mass is 32.1. The summed E-state index contributed by atoms with van der Waals surface area (Å²) in [4.78, 5) is 15.3. The lowest BCUT2D eigenvalue weighted by Crippen LogP contribution is -2.40. The molecule has 0 bridgehead atoms. The molecular formula is C24H28FN3O3S. The van der Waals surface area contributed by atoms with Crippen molar-refractivity contribution in [2.45, 2.75) is 31.3 Å². The first-order valence-electron chi connectivity index (χ1n) is 10.8. The van der Waals surface area contributed by atoms with Crippen LogP contribution in [0.15, 0.2) is 42.5 Å². The van der Waals surface area contributed by atoms with Gasteiger partial charge in [-0.1, -0.05) is 24.3 Å². The van der Waals surface area contributed by atoms with Crippen LogP contribution in [0.4, 0.5) is 4.39 Å². The van der Waals surface area contributed by atoms with E-state index in [2.05, 4.69) is 15.5 Å². The zero-order chi connectivity index (χ0) is 22.7. The summed E-state index contributed by atoms with van der Waals surface area (Å²) >= 11 is 5.63. The van der Waals surface area contributed by atoms with Crippen LogP contribution < -0.4 is 20.1 Å². The highest BCUT2D eigenvalue weighted by Gasteiger charge is 2.41. The zero-order valence-corrected chi connectivity index (χ0v) is 19.1. The van der Waals surface area contributed by atoms with E-state index in [0.29, 0.717) is 42.3 Å². The van der Waals surface area contributed by atoms with Gasteiger partial charge in [-0.3, -0.25) is 4.79 Å². The molecule has 0 spiro atoms. The molecule has 1 amide bonds. The monoisotopic (exact) mass is 457 g/mol. The van der Waals surface area contributed by atoms with Gasteiger partial charge in [0.25, 0.3) is 0 Å². The lowest BCUT2D eigenvalue weighted by atomic mass is 9.87. The molecule has 0 aromatic heterocycles. The number of para-hydroxylation sites is 1. The Morgan fingerprint density at radius 1 is 1.12 bits per heavy atom. The first-order chi connectivity index (χ1) is 15.5. The van der Waals surface area contributed by atoms with Crippen LogP contribution in [0.2, 0.25) is 0 Å². The Balaban J connectivity index is 1.55. The maximum atomic E-state index is 13.3. The molecule has 6 nitrogen and oxygen atoms in total. The first-order valence-corrected chi connectivity index (χ1v) is 11.2. The molecule has 1 saturated carbocycles. The maximum Gasteiger partial charge on any atom is 0.225 e. The van der Waals surface area contributed by atoms with E-state index < -0.39 is 0 Å². The number of benzene rings is 2. The Morgan fingerprint density at radius 3 is 2.53 bits per heavy atom. The molecule has 1 saturated heterocycles. The lowest BCUT2D eigenvalue weighted by molar-refractivity contribution is -0.125. The maximum absolute atomic E-state index is 13.3. The molecule has 32 heavy (non-hydrogen) atoms. The summed E-state index contributed by atoms with van der Waals surface area (Å²) in [7, 11) is 3.21. The minimum Gasteiger partial charge on any atom is -0.493 e. The zero-order valence-electron chi connectivity index (χ0n) is 18.3. The standard InChI is InChI=1S/C24H28FN3O3S/c1-30-21-5-3-4-18(22(21)31-2)19-13-28(24(32)27-17-10-11-17)14-20(19)23(29)26-12-15-6-8-16(25)9-7-15/h3-9,17,19-20H,10-14H2,1-2H3,(H,26,29)(H,27,32). The Bertz CT molecular complexity index is 981. The van der Waals surface area contributed by atoms with E-state index in [1.165, 1.54) is 12.1 Å². The normalized spacial score (nSPS) is 20.0. The van der Waals surface area contributed by atoms with Gasteiger partial charge in [-0.25, -0.2) is 4.39 Å². The van der Waals surface area contributed by atoms with Crippen LogP contribution in [-0.4, -0.2) is 49.3 Å². The third-order valence-electron chi connectivity index (χ3n) is 6.06. The molecule has 2 aromatic rings. The van der Waals surface area contributed by atoms with Crippen molar-refractivity contribution in [3.8, 4) is 11.5 Å². The number of thiocarbonyl (C=S) groups is 1. The molecule has 0 radical (unpaired) electrons. The van der Waals surface area contributed by atoms with E-state index in [1.807, 2.05) is 18.2 Å². The average Bonchev–Trinajstić information content (AvgIpc) is 3.51. The Kier molecular flexibility index (Phi) is 6.79. The first kappa shape index (κ1) is 22.3. The molecule has 2 atom stereocenters. The van der Waals surface area contributed by atoms with E-state index in [0.717, 1.165) is 24.0 Å². The van der Waals surface area contributed by atoms with E-state index in [9.17, 15) is 9.18 Å². The van der Waals surface area contributed by atoms with Crippen LogP contribution >= 0.6 is 12.2 Å². The van der Waals surface area contributed by atoms with Crippen LogP contribution in [-0.2, 0) is 11.3 Å². The Labute approximate surface area is 193 Å². The minimum atomic E-state index is -0.324. The van der Waals surface area contributed by atoms with Crippen LogP contribution in [0.1, 0.15) is 29.9 Å². The molecule has 4 rings (SSSR count). The molecule has 2 N–H and O–H groups in total. The van der Waals surface area contributed by atoms with Gasteiger partial charge in [-0.05, 0) is 48.8 Å². The molecule has 2 fully saturated rings. The number of amides is 1. The van der Waals surface area contributed by atoms with Crippen molar-refractivity contribution in [1.29, 1.82) is 0 Å². The third-order valence-corrected chi connectivity index (χ3v) is 6.44. The molecule has 1 heterocycles. The molecule has 2 aromatic carbocycles. The third kappa shape index (κ3) is 4.96. The molecule has 170 valence electrons. The van der Waals surface area contributed by atoms with Gasteiger partial charge in [-0.15, -0.1) is 0 Å². The number of likely N-dealkylation sites (tertiary alicyclic amines) is 1. The number of hydrogen-bond donors (Lipinski definition) is 2. The fourth-order valence-corrected chi connectivity index (χ4v) is 4.49. The summed E-state index contributed by atoms with van der Waals surface area (Å²) in [5, 5.41) is 7.08. The quantitative estimate of drug-likeness (QED) is 0.623. The fourth-order valence-electron chi connectivity index (χ4n) is 4.17. The van der Waals surface area contributed by atoms with Crippen molar-refractivity contribution >= 4 is 23.2 Å². The smallest absolute Gasteiger partial charge is 0.225 e. The van der Waals surface area contributed by atoms with Gasteiger partial charge < -0.3 is 25.0 Å². The van der Waals surface area contributed by atoms with Crippen molar-refractivity contribution in [1.82, 2.24) is 15.5 Å². The largest absolute Gasteiger partial charge is 0.493 e. The van der Waals surface area contributed by atoms with Crippen molar-refractivity contribution in [2.24, 2.45) is 5.92 Å². The molecule has 1 aliphatic carbocycles. The number of methoxy groups -OCH3 is 2. The number of carbonyl (C=O) groups excluding carboxylic acids is 1. The summed E-state index contributed by atoms with van der Waals surface area (Å²) in [6.45, 7) is 1.46. The van der Waals surface area contributed by atoms with E-state index in [4.69, 9.17) is 21.7 Å². The highest BCUT2D eigenvalue weighted by molar-refractivity contribution is 7.80. The van der Waals surface area contributed by atoms with Crippen LogP contribution in [0.25, 0.3) is 0 Å². The molecule has 2 unspecified atom stereocenters. The van der Waals surface area contributed by atoms with E-state index in [1.54, 1.807) is 26.4 Å². The number of nitrogens with zero attached hydrogens (tertiary/aromatic N) is 1. The average molecular weight is 458 g/mol. The molecule has 1 aliphatic heterocycles. The fraction of sp³-hybridized carbons (Fsp3) is 0.417. The van der Waals surface area contributed by atoms with E-state index >= 15 is 0 Å². The SMILES string of the molecule is COc1cccc(C2CN(C(=S)NC3CC3)CC2C(=O)NCc2ccc(F)cc2)c1OC. The summed E-state index contributed by atoms with van der Waals surface area (Å²) in [5.74, 6) is 0.462. The summed E-state index contributed by atoms with van der Waals surface area (Å²) in [6.07, 6.45) is 2.26. The van der Waals surface area contributed by atoms with Crippen molar-refractivity contribution in [2.75, 3.05) is 27.3 Å². The Morgan fingerprint density at radius 2 is 1.88 bits per heavy atom. The number of halogens is 1. The topological polar surface area (TPSA) is 62.8 Å². The number of nitrogens with one attached hydrogen (secondary N) is 2. The number of ether oxygens (including phenoxy) is 2. The van der Waals surface area contributed by atoms with Gasteiger partial charge in [0, 0.05) is 37.2 Å². The molecule has 8 heteroatoms. The van der Waals surface area contributed by atoms with Crippen LogP contribution in [0, 0.1) is 11.7 Å². The van der Waals surface area contributed by atoms with Crippen LogP contribution in [0.3, 0.4) is 0 Å². The predicted molar refractivity (Wildman–Crippen MR) is 124 cm³/mol. The van der Waals surface area contributed by atoms with Gasteiger partial charge in [-0.2, -0.15) is 0 Å². The predicted octanol–water partition coefficient (Wildman–Crippen LogP) is 3.21. The summed E-state index contributed by atoms with van der Waals surface area (Å²) in [5.41, 5.74) is 1.77. The second-order valence-corrected chi connectivity index (χ2v) is 8.66. The molecular weight excluding hydrogens is 429 g/mol.